The molecule has 102 valence electrons. The maximum atomic E-state index is 9.81. The fourth-order valence-corrected chi connectivity index (χ4v) is 1.72. The van der Waals surface area contributed by atoms with Gasteiger partial charge in [-0.25, -0.2) is 0 Å². The van der Waals surface area contributed by atoms with Crippen molar-refractivity contribution in [2.24, 2.45) is 5.92 Å². The lowest BCUT2D eigenvalue weighted by Crippen LogP contribution is -2.24. The second-order valence-electron chi connectivity index (χ2n) is 6.37. The van der Waals surface area contributed by atoms with Gasteiger partial charge in [0.05, 0.1) is 6.10 Å². The van der Waals surface area contributed by atoms with Crippen LogP contribution in [0.4, 0.5) is 0 Å². The Bertz CT molecular complexity index is 389. The van der Waals surface area contributed by atoms with Gasteiger partial charge in [0.2, 0.25) is 0 Å². The summed E-state index contributed by atoms with van der Waals surface area (Å²) in [4.78, 5) is 0. The van der Waals surface area contributed by atoms with Crippen LogP contribution in [-0.4, -0.2) is 17.8 Å². The van der Waals surface area contributed by atoms with E-state index in [4.69, 9.17) is 4.74 Å². The summed E-state index contributed by atoms with van der Waals surface area (Å²) >= 11 is 0. The molecule has 0 bridgehead atoms. The van der Waals surface area contributed by atoms with Crippen LogP contribution < -0.4 is 4.74 Å². The van der Waals surface area contributed by atoms with E-state index >= 15 is 0 Å². The highest BCUT2D eigenvalue weighted by Gasteiger charge is 2.20. The van der Waals surface area contributed by atoms with E-state index < -0.39 is 6.10 Å². The SMILES string of the molecule is Cc1ccc(OCC(O)C(C)C)c(C(C)(C)C)c1. The van der Waals surface area contributed by atoms with Crippen molar-refractivity contribution >= 4 is 0 Å². The van der Waals surface area contributed by atoms with E-state index in [-0.39, 0.29) is 11.3 Å². The molecule has 0 amide bonds. The van der Waals surface area contributed by atoms with Crippen LogP contribution in [0.1, 0.15) is 45.7 Å². The second kappa shape index (κ2) is 5.75. The Balaban J connectivity index is 2.89. The summed E-state index contributed by atoms with van der Waals surface area (Å²) < 4.78 is 5.79. The van der Waals surface area contributed by atoms with Crippen molar-refractivity contribution < 1.29 is 9.84 Å². The van der Waals surface area contributed by atoms with Gasteiger partial charge < -0.3 is 9.84 Å². The van der Waals surface area contributed by atoms with Crippen LogP contribution in [0, 0.1) is 12.8 Å². The standard InChI is InChI=1S/C16H26O2/c1-11(2)14(17)10-18-15-8-7-12(3)9-13(15)16(4,5)6/h7-9,11,14,17H,10H2,1-6H3. The predicted molar refractivity (Wildman–Crippen MR) is 76.2 cm³/mol. The van der Waals surface area contributed by atoms with Crippen LogP contribution in [0.3, 0.4) is 0 Å². The third kappa shape index (κ3) is 4.02. The fraction of sp³-hybridized carbons (Fsp3) is 0.625. The number of ether oxygens (including phenoxy) is 1. The monoisotopic (exact) mass is 250 g/mol. The molecule has 0 aliphatic rings. The molecule has 0 aliphatic heterocycles. The van der Waals surface area contributed by atoms with Gasteiger partial charge in [-0.2, -0.15) is 0 Å². The van der Waals surface area contributed by atoms with E-state index in [1.54, 1.807) is 0 Å². The number of aryl methyl sites for hydroxylation is 1. The lowest BCUT2D eigenvalue weighted by atomic mass is 9.85. The summed E-state index contributed by atoms with van der Waals surface area (Å²) in [7, 11) is 0. The van der Waals surface area contributed by atoms with Gasteiger partial charge in [0.15, 0.2) is 0 Å². The van der Waals surface area contributed by atoms with Crippen LogP contribution in [0.25, 0.3) is 0 Å². The van der Waals surface area contributed by atoms with Gasteiger partial charge in [-0.3, -0.25) is 0 Å². The third-order valence-corrected chi connectivity index (χ3v) is 3.12. The zero-order chi connectivity index (χ0) is 13.9. The molecule has 1 atom stereocenters. The Morgan fingerprint density at radius 2 is 1.83 bits per heavy atom. The molecule has 18 heavy (non-hydrogen) atoms. The molecule has 1 aromatic rings. The smallest absolute Gasteiger partial charge is 0.123 e. The highest BCUT2D eigenvalue weighted by molar-refractivity contribution is 5.41. The van der Waals surface area contributed by atoms with Crippen molar-refractivity contribution in [3.63, 3.8) is 0 Å². The first-order valence-electron chi connectivity index (χ1n) is 6.64. The fourth-order valence-electron chi connectivity index (χ4n) is 1.72. The first-order chi connectivity index (χ1) is 8.21. The van der Waals surface area contributed by atoms with Crippen LogP contribution >= 0.6 is 0 Å². The molecule has 1 N–H and O–H groups in total. The number of aliphatic hydroxyl groups excluding tert-OH is 1. The Hall–Kier alpha value is -1.02. The van der Waals surface area contributed by atoms with Crippen LogP contribution in [-0.2, 0) is 5.41 Å². The Morgan fingerprint density at radius 1 is 1.22 bits per heavy atom. The van der Waals surface area contributed by atoms with Gasteiger partial charge in [-0.05, 0) is 29.9 Å². The molecule has 1 rings (SSSR count). The summed E-state index contributed by atoms with van der Waals surface area (Å²) in [6.07, 6.45) is -0.417. The van der Waals surface area contributed by atoms with Gasteiger partial charge in [-0.15, -0.1) is 0 Å². The van der Waals surface area contributed by atoms with Crippen LogP contribution in [0.15, 0.2) is 18.2 Å². The largest absolute Gasteiger partial charge is 0.491 e. The molecule has 0 saturated carbocycles. The number of benzene rings is 1. The van der Waals surface area contributed by atoms with Crippen molar-refractivity contribution in [1.29, 1.82) is 0 Å². The molecular weight excluding hydrogens is 224 g/mol. The third-order valence-electron chi connectivity index (χ3n) is 3.12. The molecule has 2 nitrogen and oxygen atoms in total. The van der Waals surface area contributed by atoms with E-state index in [1.165, 1.54) is 11.1 Å². The molecule has 0 spiro atoms. The Kier molecular flexibility index (Phi) is 4.80. The highest BCUT2D eigenvalue weighted by atomic mass is 16.5. The molecule has 0 aromatic heterocycles. The normalized spacial score (nSPS) is 13.8. The minimum absolute atomic E-state index is 0.0458. The average molecular weight is 250 g/mol. The molecule has 2 heteroatoms. The lowest BCUT2D eigenvalue weighted by molar-refractivity contribution is 0.0693. The highest BCUT2D eigenvalue weighted by Crippen LogP contribution is 2.32. The molecule has 0 heterocycles. The Labute approximate surface area is 111 Å². The summed E-state index contributed by atoms with van der Waals surface area (Å²) in [5, 5.41) is 9.81. The van der Waals surface area contributed by atoms with Crippen LogP contribution in [0.5, 0.6) is 5.75 Å². The van der Waals surface area contributed by atoms with Gasteiger partial charge in [-0.1, -0.05) is 52.3 Å². The van der Waals surface area contributed by atoms with Crippen molar-refractivity contribution in [1.82, 2.24) is 0 Å². The van der Waals surface area contributed by atoms with Gasteiger partial charge in [0.25, 0.3) is 0 Å². The predicted octanol–water partition coefficient (Wildman–Crippen LogP) is 3.69. The van der Waals surface area contributed by atoms with Crippen molar-refractivity contribution in [2.45, 2.75) is 53.1 Å². The van der Waals surface area contributed by atoms with Gasteiger partial charge in [0.1, 0.15) is 12.4 Å². The molecule has 0 fully saturated rings. The van der Waals surface area contributed by atoms with E-state index in [0.717, 1.165) is 5.75 Å². The molecule has 0 saturated heterocycles. The lowest BCUT2D eigenvalue weighted by Gasteiger charge is -2.24. The van der Waals surface area contributed by atoms with E-state index in [2.05, 4.69) is 33.8 Å². The average Bonchev–Trinajstić information content (AvgIpc) is 2.25. The maximum absolute atomic E-state index is 9.81. The van der Waals surface area contributed by atoms with Crippen LogP contribution in [0.2, 0.25) is 0 Å². The van der Waals surface area contributed by atoms with E-state index in [0.29, 0.717) is 6.61 Å². The Morgan fingerprint density at radius 3 is 2.33 bits per heavy atom. The minimum atomic E-state index is -0.417. The van der Waals surface area contributed by atoms with Gasteiger partial charge in [0, 0.05) is 0 Å². The van der Waals surface area contributed by atoms with Crippen molar-refractivity contribution in [3.8, 4) is 5.75 Å². The maximum Gasteiger partial charge on any atom is 0.123 e. The minimum Gasteiger partial charge on any atom is -0.491 e. The molecular formula is C16H26O2. The number of hydrogen-bond acceptors (Lipinski definition) is 2. The van der Waals surface area contributed by atoms with E-state index in [9.17, 15) is 5.11 Å². The summed E-state index contributed by atoms with van der Waals surface area (Å²) in [6.45, 7) is 12.9. The number of hydrogen-bond donors (Lipinski definition) is 1. The van der Waals surface area contributed by atoms with Gasteiger partial charge >= 0.3 is 0 Å². The molecule has 1 aromatic carbocycles. The van der Waals surface area contributed by atoms with Crippen molar-refractivity contribution in [2.75, 3.05) is 6.61 Å². The first-order valence-corrected chi connectivity index (χ1v) is 6.64. The number of rotatable bonds is 4. The molecule has 0 radical (unpaired) electrons. The molecule has 0 aliphatic carbocycles. The second-order valence-corrected chi connectivity index (χ2v) is 6.37. The van der Waals surface area contributed by atoms with E-state index in [1.807, 2.05) is 26.0 Å². The topological polar surface area (TPSA) is 29.5 Å². The first kappa shape index (κ1) is 15.0. The summed E-state index contributed by atoms with van der Waals surface area (Å²) in [6, 6.07) is 6.21. The zero-order valence-corrected chi connectivity index (χ0v) is 12.4. The van der Waals surface area contributed by atoms with Crippen molar-refractivity contribution in [3.05, 3.63) is 29.3 Å². The zero-order valence-electron chi connectivity index (χ0n) is 12.4. The molecule has 1 unspecified atom stereocenters. The summed E-state index contributed by atoms with van der Waals surface area (Å²) in [5.41, 5.74) is 2.47. The quantitative estimate of drug-likeness (QED) is 0.883. The summed E-state index contributed by atoms with van der Waals surface area (Å²) in [5.74, 6) is 1.10. The number of aliphatic hydroxyl groups is 1.